The summed E-state index contributed by atoms with van der Waals surface area (Å²) in [7, 11) is -1.88. The average Bonchev–Trinajstić information content (AvgIpc) is 2.11. The molecule has 13 heavy (non-hydrogen) atoms. The Labute approximate surface area is 79.2 Å². The number of rotatable bonds is 3. The molecule has 0 amide bonds. The number of hydrogen-bond donors (Lipinski definition) is 3. The third-order valence-electron chi connectivity index (χ3n) is 1.26. The van der Waals surface area contributed by atoms with Gasteiger partial charge in [0.05, 0.1) is 5.02 Å². The highest BCUT2D eigenvalue weighted by molar-refractivity contribution is 6.37. The standard InChI is InChI=1S/C6H6BClO5/c8-4-2-1-3-5(9)6(4)12-7(10)13-11/h1-3,9-11H. The van der Waals surface area contributed by atoms with Crippen LogP contribution < -0.4 is 4.65 Å². The minimum Gasteiger partial charge on any atom is -0.506 e. The molecule has 0 heterocycles. The first-order valence-electron chi connectivity index (χ1n) is 3.27. The molecule has 70 valence electrons. The van der Waals surface area contributed by atoms with Crippen LogP contribution in [0.4, 0.5) is 0 Å². The summed E-state index contributed by atoms with van der Waals surface area (Å²) in [5, 5.41) is 25.9. The zero-order valence-electron chi connectivity index (χ0n) is 6.35. The van der Waals surface area contributed by atoms with Gasteiger partial charge in [0.1, 0.15) is 0 Å². The Morgan fingerprint density at radius 1 is 1.38 bits per heavy atom. The second kappa shape index (κ2) is 4.34. The van der Waals surface area contributed by atoms with Crippen molar-refractivity contribution in [1.82, 2.24) is 0 Å². The Bertz CT molecular complexity index is 274. The Kier molecular flexibility index (Phi) is 3.38. The fraction of sp³-hybridized carbons (Fsp3) is 0. The van der Waals surface area contributed by atoms with Crippen molar-refractivity contribution in [3.8, 4) is 11.5 Å². The maximum absolute atomic E-state index is 9.18. The van der Waals surface area contributed by atoms with E-state index in [0.717, 1.165) is 0 Å². The zero-order chi connectivity index (χ0) is 9.84. The largest absolute Gasteiger partial charge is 0.739 e. The molecule has 0 aliphatic heterocycles. The fourth-order valence-electron chi connectivity index (χ4n) is 0.736. The minimum absolute atomic E-state index is 0.0936. The Balaban J connectivity index is 2.87. The number of phenols is 1. The van der Waals surface area contributed by atoms with Crippen LogP contribution in [0, 0.1) is 0 Å². The van der Waals surface area contributed by atoms with Gasteiger partial charge in [0.2, 0.25) is 0 Å². The van der Waals surface area contributed by atoms with E-state index in [1.54, 1.807) is 0 Å². The number of phenolic OH excluding ortho intramolecular Hbond substituents is 1. The van der Waals surface area contributed by atoms with Gasteiger partial charge >= 0.3 is 7.32 Å². The van der Waals surface area contributed by atoms with Crippen molar-refractivity contribution >= 4 is 18.9 Å². The van der Waals surface area contributed by atoms with Crippen LogP contribution in [0.2, 0.25) is 5.02 Å². The summed E-state index contributed by atoms with van der Waals surface area (Å²) in [6.07, 6.45) is 0. The molecular formula is C6H6BClO5. The summed E-state index contributed by atoms with van der Waals surface area (Å²) in [6.45, 7) is 0. The molecule has 0 fully saturated rings. The normalized spacial score (nSPS) is 9.77. The van der Waals surface area contributed by atoms with E-state index < -0.39 is 7.32 Å². The Hall–Kier alpha value is -0.945. The average molecular weight is 204 g/mol. The summed E-state index contributed by atoms with van der Waals surface area (Å²) in [6, 6.07) is 4.25. The maximum Gasteiger partial charge on any atom is 0.739 e. The van der Waals surface area contributed by atoms with E-state index in [0.29, 0.717) is 0 Å². The predicted molar refractivity (Wildman–Crippen MR) is 45.4 cm³/mol. The lowest BCUT2D eigenvalue weighted by atomic mass is 10.2. The lowest BCUT2D eigenvalue weighted by Gasteiger charge is -2.09. The minimum atomic E-state index is -1.88. The predicted octanol–water partition coefficient (Wildman–Crippen LogP) is 0.891. The van der Waals surface area contributed by atoms with E-state index in [1.165, 1.54) is 18.2 Å². The number of hydrogen-bond acceptors (Lipinski definition) is 5. The van der Waals surface area contributed by atoms with E-state index in [4.69, 9.17) is 21.9 Å². The molecule has 0 spiro atoms. The molecule has 7 heteroatoms. The van der Waals surface area contributed by atoms with Crippen molar-refractivity contribution in [3.63, 3.8) is 0 Å². The van der Waals surface area contributed by atoms with E-state index >= 15 is 0 Å². The molecule has 3 N–H and O–H groups in total. The molecule has 0 saturated heterocycles. The molecule has 0 aromatic heterocycles. The van der Waals surface area contributed by atoms with E-state index in [-0.39, 0.29) is 16.5 Å². The van der Waals surface area contributed by atoms with Crippen LogP contribution in [0.3, 0.4) is 0 Å². The molecule has 0 aliphatic rings. The summed E-state index contributed by atoms with van der Waals surface area (Å²) in [4.78, 5) is 3.43. The first kappa shape index (κ1) is 10.1. The third-order valence-corrected chi connectivity index (χ3v) is 1.55. The second-order valence-electron chi connectivity index (χ2n) is 2.12. The van der Waals surface area contributed by atoms with Crippen molar-refractivity contribution in [3.05, 3.63) is 23.2 Å². The molecule has 0 radical (unpaired) electrons. The van der Waals surface area contributed by atoms with Crippen molar-refractivity contribution in [1.29, 1.82) is 0 Å². The van der Waals surface area contributed by atoms with Gasteiger partial charge in [-0.2, -0.15) is 0 Å². The van der Waals surface area contributed by atoms with Gasteiger partial charge in [0.15, 0.2) is 11.5 Å². The monoisotopic (exact) mass is 204 g/mol. The molecule has 1 aromatic rings. The van der Waals surface area contributed by atoms with Gasteiger partial charge in [-0.05, 0) is 12.1 Å². The highest BCUT2D eigenvalue weighted by atomic mass is 35.5. The molecule has 0 aliphatic carbocycles. The van der Waals surface area contributed by atoms with E-state index in [9.17, 15) is 5.11 Å². The van der Waals surface area contributed by atoms with E-state index in [2.05, 4.69) is 9.46 Å². The number of halogens is 1. The quantitative estimate of drug-likeness (QED) is 0.387. The summed E-state index contributed by atoms with van der Waals surface area (Å²) >= 11 is 5.60. The van der Waals surface area contributed by atoms with E-state index in [1.807, 2.05) is 0 Å². The smallest absolute Gasteiger partial charge is 0.506 e. The second-order valence-corrected chi connectivity index (χ2v) is 2.53. The lowest BCUT2D eigenvalue weighted by Crippen LogP contribution is -2.24. The van der Waals surface area contributed by atoms with Gasteiger partial charge in [-0.3, -0.25) is 5.26 Å². The Morgan fingerprint density at radius 2 is 2.08 bits per heavy atom. The van der Waals surface area contributed by atoms with Crippen molar-refractivity contribution in [2.75, 3.05) is 0 Å². The summed E-state index contributed by atoms with van der Waals surface area (Å²) in [5.41, 5.74) is 0. The van der Waals surface area contributed by atoms with Gasteiger partial charge in [0, 0.05) is 0 Å². The molecule has 1 aromatic carbocycles. The van der Waals surface area contributed by atoms with Gasteiger partial charge in [-0.25, -0.2) is 4.81 Å². The fourth-order valence-corrected chi connectivity index (χ4v) is 0.951. The van der Waals surface area contributed by atoms with Gasteiger partial charge in [0.25, 0.3) is 0 Å². The van der Waals surface area contributed by atoms with Crippen molar-refractivity contribution in [2.24, 2.45) is 0 Å². The number of benzene rings is 1. The van der Waals surface area contributed by atoms with Crippen LogP contribution in [-0.4, -0.2) is 22.7 Å². The van der Waals surface area contributed by atoms with Gasteiger partial charge in [-0.15, -0.1) is 0 Å². The lowest BCUT2D eigenvalue weighted by molar-refractivity contribution is -0.171. The highest BCUT2D eigenvalue weighted by Crippen LogP contribution is 2.33. The first-order valence-corrected chi connectivity index (χ1v) is 3.65. The maximum atomic E-state index is 9.18. The van der Waals surface area contributed by atoms with Crippen LogP contribution in [0.1, 0.15) is 0 Å². The van der Waals surface area contributed by atoms with Crippen LogP contribution in [0.15, 0.2) is 18.2 Å². The molecule has 5 nitrogen and oxygen atoms in total. The molecule has 0 bridgehead atoms. The SMILES string of the molecule is OOB(O)Oc1c(O)cccc1Cl. The molecule has 0 atom stereocenters. The van der Waals surface area contributed by atoms with Gasteiger partial charge in [-0.1, -0.05) is 17.7 Å². The van der Waals surface area contributed by atoms with Crippen molar-refractivity contribution < 1.29 is 24.8 Å². The van der Waals surface area contributed by atoms with Crippen LogP contribution in [0.25, 0.3) is 0 Å². The third kappa shape index (κ3) is 2.50. The van der Waals surface area contributed by atoms with Crippen LogP contribution in [0.5, 0.6) is 11.5 Å². The van der Waals surface area contributed by atoms with Crippen molar-refractivity contribution in [2.45, 2.75) is 0 Å². The number of aromatic hydroxyl groups is 1. The molecule has 0 saturated carbocycles. The Morgan fingerprint density at radius 3 is 2.62 bits per heavy atom. The van der Waals surface area contributed by atoms with Gasteiger partial charge < -0.3 is 14.8 Å². The van der Waals surface area contributed by atoms with Crippen LogP contribution in [-0.2, 0) is 4.81 Å². The highest BCUT2D eigenvalue weighted by Gasteiger charge is 2.21. The number of para-hydroxylation sites is 1. The van der Waals surface area contributed by atoms with Crippen LogP contribution >= 0.6 is 11.6 Å². The summed E-state index contributed by atoms with van der Waals surface area (Å²) < 4.78 is 4.53. The zero-order valence-corrected chi connectivity index (χ0v) is 7.10. The summed E-state index contributed by atoms with van der Waals surface area (Å²) in [5.74, 6) is -0.422. The molecule has 1 rings (SSSR count). The molecule has 0 unspecified atom stereocenters. The molecular weight excluding hydrogens is 198 g/mol. The first-order chi connectivity index (χ1) is 6.15. The topological polar surface area (TPSA) is 79.2 Å².